The summed E-state index contributed by atoms with van der Waals surface area (Å²) in [4.78, 5) is 16.0. The van der Waals surface area contributed by atoms with E-state index < -0.39 is 0 Å². The lowest BCUT2D eigenvalue weighted by molar-refractivity contribution is 0.143. The third kappa shape index (κ3) is 6.17. The van der Waals surface area contributed by atoms with Crippen molar-refractivity contribution < 1.29 is 9.53 Å². The standard InChI is InChI=1S/C38H46N8O2/c1-25-13-15-26(16-14-25)46-34(23-32(43-46)37(2,3)4)40-36(47)39-30-18-19-31(29-12-8-7-11-28(29)30)48-27-17-20-33-41-42-35(45(33)24-27)38(5,6)44-21-9-10-22-44/h7-8,11-17,20,23-24,30-31H,9-10,18-19,21-22H2,1-6H3,(H2,39,40,47)/t30-,31+/m0/s1. The first-order valence-corrected chi connectivity index (χ1v) is 17.1. The molecule has 1 aliphatic carbocycles. The monoisotopic (exact) mass is 646 g/mol. The van der Waals surface area contributed by atoms with Crippen LogP contribution in [0.25, 0.3) is 11.3 Å². The predicted molar refractivity (Wildman–Crippen MR) is 188 cm³/mol. The van der Waals surface area contributed by atoms with E-state index in [-0.39, 0.29) is 29.1 Å². The molecule has 1 saturated heterocycles. The van der Waals surface area contributed by atoms with Crippen LogP contribution in [-0.2, 0) is 11.0 Å². The molecule has 7 rings (SSSR count). The molecule has 48 heavy (non-hydrogen) atoms. The zero-order chi connectivity index (χ0) is 33.6. The molecule has 5 aromatic rings. The van der Waals surface area contributed by atoms with Crippen LogP contribution in [-0.4, -0.2) is 48.4 Å². The normalized spacial score (nSPS) is 18.5. The highest BCUT2D eigenvalue weighted by Gasteiger charge is 2.35. The van der Waals surface area contributed by atoms with Gasteiger partial charge in [-0.1, -0.05) is 62.7 Å². The summed E-state index contributed by atoms with van der Waals surface area (Å²) >= 11 is 0. The van der Waals surface area contributed by atoms with E-state index >= 15 is 0 Å². The number of hydrogen-bond donors (Lipinski definition) is 2. The fourth-order valence-electron chi connectivity index (χ4n) is 6.99. The van der Waals surface area contributed by atoms with Gasteiger partial charge in [-0.05, 0) is 94.9 Å². The van der Waals surface area contributed by atoms with Gasteiger partial charge < -0.3 is 10.1 Å². The van der Waals surface area contributed by atoms with Crippen LogP contribution in [0.4, 0.5) is 10.6 Å². The van der Waals surface area contributed by atoms with Gasteiger partial charge in [-0.15, -0.1) is 10.2 Å². The van der Waals surface area contributed by atoms with Gasteiger partial charge in [-0.2, -0.15) is 5.10 Å². The lowest BCUT2D eigenvalue weighted by Gasteiger charge is -2.34. The zero-order valence-electron chi connectivity index (χ0n) is 28.8. The van der Waals surface area contributed by atoms with E-state index in [1.165, 1.54) is 12.8 Å². The number of urea groups is 1. The molecule has 1 fully saturated rings. The Morgan fingerprint density at radius 1 is 0.896 bits per heavy atom. The Hall–Kier alpha value is -4.70. The number of benzene rings is 2. The topological polar surface area (TPSA) is 102 Å². The molecule has 0 saturated carbocycles. The Morgan fingerprint density at radius 2 is 1.62 bits per heavy atom. The van der Waals surface area contributed by atoms with Crippen molar-refractivity contribution in [1.29, 1.82) is 0 Å². The summed E-state index contributed by atoms with van der Waals surface area (Å²) in [6.45, 7) is 15.0. The molecule has 2 amide bonds. The van der Waals surface area contributed by atoms with Crippen molar-refractivity contribution in [2.75, 3.05) is 18.4 Å². The van der Waals surface area contributed by atoms with Gasteiger partial charge in [0, 0.05) is 11.5 Å². The van der Waals surface area contributed by atoms with Crippen LogP contribution in [0.3, 0.4) is 0 Å². The summed E-state index contributed by atoms with van der Waals surface area (Å²) in [6, 6.07) is 21.9. The number of ether oxygens (including phenoxy) is 1. The van der Waals surface area contributed by atoms with E-state index in [1.807, 2.05) is 65.5 Å². The third-order valence-electron chi connectivity index (χ3n) is 9.84. The summed E-state index contributed by atoms with van der Waals surface area (Å²) < 4.78 is 10.6. The summed E-state index contributed by atoms with van der Waals surface area (Å²) in [7, 11) is 0. The number of carbonyl (C=O) groups is 1. The highest BCUT2D eigenvalue weighted by atomic mass is 16.5. The summed E-state index contributed by atoms with van der Waals surface area (Å²) in [6.07, 6.45) is 5.79. The van der Waals surface area contributed by atoms with Gasteiger partial charge in [0.25, 0.3) is 0 Å². The SMILES string of the molecule is Cc1ccc(-n2nc(C(C)(C)C)cc2NC(=O)N[C@H]2CC[C@@H](Oc3ccc4nnc(C(C)(C)N5CCCC5)n4c3)c3ccccc32)cc1. The molecule has 4 heterocycles. The van der Waals surface area contributed by atoms with Gasteiger partial charge in [0.2, 0.25) is 0 Å². The van der Waals surface area contributed by atoms with Crippen molar-refractivity contribution in [3.8, 4) is 11.4 Å². The van der Waals surface area contributed by atoms with Gasteiger partial charge >= 0.3 is 6.03 Å². The first-order valence-electron chi connectivity index (χ1n) is 17.1. The quantitative estimate of drug-likeness (QED) is 0.189. The Balaban J connectivity index is 1.09. The molecule has 2 N–H and O–H groups in total. The number of nitrogens with one attached hydrogen (secondary N) is 2. The summed E-state index contributed by atoms with van der Waals surface area (Å²) in [5, 5.41) is 20.3. The number of aryl methyl sites for hydroxylation is 1. The van der Waals surface area contributed by atoms with Crippen LogP contribution < -0.4 is 15.4 Å². The Kier molecular flexibility index (Phi) is 8.23. The van der Waals surface area contributed by atoms with E-state index in [9.17, 15) is 4.79 Å². The average molecular weight is 647 g/mol. The number of anilines is 1. The highest BCUT2D eigenvalue weighted by Crippen LogP contribution is 2.39. The molecular formula is C38H46N8O2. The maximum atomic E-state index is 13.6. The minimum atomic E-state index is -0.269. The molecule has 10 heteroatoms. The lowest BCUT2D eigenvalue weighted by atomic mass is 9.85. The van der Waals surface area contributed by atoms with Gasteiger partial charge in [-0.3, -0.25) is 14.6 Å². The molecule has 10 nitrogen and oxygen atoms in total. The predicted octanol–water partition coefficient (Wildman–Crippen LogP) is 7.63. The summed E-state index contributed by atoms with van der Waals surface area (Å²) in [5.74, 6) is 2.31. The Bertz CT molecular complexity index is 1930. The Labute approximate surface area is 282 Å². The zero-order valence-corrected chi connectivity index (χ0v) is 28.8. The van der Waals surface area contributed by atoms with Gasteiger partial charge in [-0.25, -0.2) is 9.48 Å². The van der Waals surface area contributed by atoms with Crippen LogP contribution in [0.1, 0.15) is 101 Å². The first-order chi connectivity index (χ1) is 23.0. The second kappa shape index (κ2) is 12.4. The van der Waals surface area contributed by atoms with Crippen molar-refractivity contribution in [1.82, 2.24) is 34.6 Å². The van der Waals surface area contributed by atoms with Crippen molar-refractivity contribution in [2.45, 2.75) is 90.3 Å². The van der Waals surface area contributed by atoms with E-state index in [0.29, 0.717) is 5.82 Å². The van der Waals surface area contributed by atoms with Crippen LogP contribution in [0, 0.1) is 6.92 Å². The number of amides is 2. The number of carbonyl (C=O) groups excluding carboxylic acids is 1. The first kappa shape index (κ1) is 31.9. The minimum Gasteiger partial charge on any atom is -0.484 e. The van der Waals surface area contributed by atoms with Crippen LogP contribution in [0.5, 0.6) is 5.75 Å². The number of pyridine rings is 1. The van der Waals surface area contributed by atoms with Crippen LogP contribution in [0.2, 0.25) is 0 Å². The maximum absolute atomic E-state index is 13.6. The van der Waals surface area contributed by atoms with E-state index in [2.05, 4.69) is 83.8 Å². The van der Waals surface area contributed by atoms with Crippen molar-refractivity contribution >= 4 is 17.5 Å². The molecule has 2 aliphatic rings. The number of nitrogens with zero attached hydrogens (tertiary/aromatic N) is 6. The molecule has 0 bridgehead atoms. The highest BCUT2D eigenvalue weighted by molar-refractivity contribution is 5.89. The smallest absolute Gasteiger partial charge is 0.320 e. The van der Waals surface area contributed by atoms with Gasteiger partial charge in [0.05, 0.1) is 29.2 Å². The van der Waals surface area contributed by atoms with Crippen molar-refractivity contribution in [3.05, 3.63) is 101 Å². The largest absolute Gasteiger partial charge is 0.484 e. The minimum absolute atomic E-state index is 0.149. The molecule has 2 aromatic carbocycles. The molecule has 0 unspecified atom stereocenters. The van der Waals surface area contributed by atoms with Gasteiger partial charge in [0.1, 0.15) is 17.7 Å². The fraction of sp³-hybridized carbons (Fsp3) is 0.421. The summed E-state index contributed by atoms with van der Waals surface area (Å²) in [5.41, 5.74) is 5.49. The maximum Gasteiger partial charge on any atom is 0.320 e. The van der Waals surface area contributed by atoms with Crippen molar-refractivity contribution in [3.63, 3.8) is 0 Å². The van der Waals surface area contributed by atoms with Crippen LogP contribution in [0.15, 0.2) is 72.9 Å². The van der Waals surface area contributed by atoms with Crippen LogP contribution >= 0.6 is 0 Å². The van der Waals surface area contributed by atoms with E-state index in [1.54, 1.807) is 0 Å². The lowest BCUT2D eigenvalue weighted by Crippen LogP contribution is -2.40. The number of aromatic nitrogens is 5. The number of fused-ring (bicyclic) bond motifs is 2. The molecule has 0 radical (unpaired) electrons. The molecule has 3 aromatic heterocycles. The number of hydrogen-bond acceptors (Lipinski definition) is 6. The molecule has 250 valence electrons. The number of likely N-dealkylation sites (tertiary alicyclic amines) is 1. The molecular weight excluding hydrogens is 600 g/mol. The molecule has 2 atom stereocenters. The van der Waals surface area contributed by atoms with E-state index in [0.717, 1.165) is 71.2 Å². The molecule has 1 aliphatic heterocycles. The average Bonchev–Trinajstić information content (AvgIpc) is 3.83. The van der Waals surface area contributed by atoms with Gasteiger partial charge in [0.15, 0.2) is 11.5 Å². The third-order valence-corrected chi connectivity index (χ3v) is 9.84. The second-order valence-corrected chi connectivity index (χ2v) is 14.7. The van der Waals surface area contributed by atoms with Crippen molar-refractivity contribution in [2.24, 2.45) is 0 Å². The van der Waals surface area contributed by atoms with E-state index in [4.69, 9.17) is 9.84 Å². The number of rotatable bonds is 7. The Morgan fingerprint density at radius 3 is 2.35 bits per heavy atom. The second-order valence-electron chi connectivity index (χ2n) is 14.7. The molecule has 0 spiro atoms. The fourth-order valence-corrected chi connectivity index (χ4v) is 6.99.